The summed E-state index contributed by atoms with van der Waals surface area (Å²) in [6.45, 7) is 0. The van der Waals surface area contributed by atoms with Crippen LogP contribution in [0.4, 0.5) is 0 Å². The molecule has 3 N–H and O–H groups in total. The standard InChI is InChI=1S/C11H11NO5/c1-17-11(16)8(12-6-13)4-7-2-3-9(14)10(15)5-7/h2-6,14-15H,1H3,(H,12,13)/b8-4-. The number of esters is 1. The molecule has 0 atom stereocenters. The second-order valence-corrected chi connectivity index (χ2v) is 3.06. The first-order valence-corrected chi connectivity index (χ1v) is 4.60. The monoisotopic (exact) mass is 237 g/mol. The van der Waals surface area contributed by atoms with Crippen molar-refractivity contribution < 1.29 is 24.5 Å². The van der Waals surface area contributed by atoms with Crippen LogP contribution in [0.3, 0.4) is 0 Å². The van der Waals surface area contributed by atoms with E-state index in [1.54, 1.807) is 0 Å². The normalized spacial score (nSPS) is 10.8. The summed E-state index contributed by atoms with van der Waals surface area (Å²) in [4.78, 5) is 21.5. The van der Waals surface area contributed by atoms with Crippen LogP contribution in [-0.2, 0) is 14.3 Å². The zero-order valence-electron chi connectivity index (χ0n) is 9.01. The van der Waals surface area contributed by atoms with Gasteiger partial charge in [-0.05, 0) is 23.8 Å². The maximum Gasteiger partial charge on any atom is 0.354 e. The second kappa shape index (κ2) is 5.55. The number of phenols is 2. The highest BCUT2D eigenvalue weighted by Gasteiger charge is 2.09. The summed E-state index contributed by atoms with van der Waals surface area (Å²) in [7, 11) is 1.18. The molecule has 1 rings (SSSR count). The third-order valence-electron chi connectivity index (χ3n) is 1.93. The minimum Gasteiger partial charge on any atom is -0.504 e. The summed E-state index contributed by atoms with van der Waals surface area (Å²) in [5.74, 6) is -1.32. The summed E-state index contributed by atoms with van der Waals surface area (Å²) in [5.41, 5.74) is 0.350. The molecule has 0 heterocycles. The number of hydrogen-bond donors (Lipinski definition) is 3. The number of aromatic hydroxyl groups is 2. The van der Waals surface area contributed by atoms with E-state index in [2.05, 4.69) is 10.1 Å². The highest BCUT2D eigenvalue weighted by Crippen LogP contribution is 2.25. The van der Waals surface area contributed by atoms with Crippen LogP contribution in [0.25, 0.3) is 6.08 Å². The van der Waals surface area contributed by atoms with Crippen molar-refractivity contribution in [2.24, 2.45) is 0 Å². The minimum atomic E-state index is -0.718. The van der Waals surface area contributed by atoms with E-state index in [1.807, 2.05) is 0 Å². The van der Waals surface area contributed by atoms with Gasteiger partial charge in [0, 0.05) is 0 Å². The molecule has 0 aliphatic heterocycles. The zero-order valence-corrected chi connectivity index (χ0v) is 9.01. The topological polar surface area (TPSA) is 95.9 Å². The fraction of sp³-hybridized carbons (Fsp3) is 0.0909. The van der Waals surface area contributed by atoms with E-state index in [4.69, 9.17) is 5.11 Å². The first kappa shape index (κ1) is 12.6. The van der Waals surface area contributed by atoms with Crippen LogP contribution in [0, 0.1) is 0 Å². The molecule has 0 fully saturated rings. The summed E-state index contributed by atoms with van der Waals surface area (Å²) in [6.07, 6.45) is 1.64. The number of carbonyl (C=O) groups excluding carboxylic acids is 2. The van der Waals surface area contributed by atoms with Gasteiger partial charge >= 0.3 is 5.97 Å². The van der Waals surface area contributed by atoms with Crippen LogP contribution in [-0.4, -0.2) is 29.7 Å². The Labute approximate surface area is 97.1 Å². The van der Waals surface area contributed by atoms with Crippen LogP contribution in [0.1, 0.15) is 5.56 Å². The van der Waals surface area contributed by atoms with Gasteiger partial charge in [-0.3, -0.25) is 4.79 Å². The lowest BCUT2D eigenvalue weighted by Crippen LogP contribution is -2.19. The lowest BCUT2D eigenvalue weighted by Gasteiger charge is -2.04. The van der Waals surface area contributed by atoms with Crippen molar-refractivity contribution in [3.05, 3.63) is 29.5 Å². The predicted octanol–water partition coefficient (Wildman–Crippen LogP) is 0.358. The van der Waals surface area contributed by atoms with Gasteiger partial charge in [-0.2, -0.15) is 0 Å². The molecule has 0 aromatic heterocycles. The Morgan fingerprint density at radius 1 is 1.35 bits per heavy atom. The van der Waals surface area contributed by atoms with Crippen LogP contribution in [0.15, 0.2) is 23.9 Å². The largest absolute Gasteiger partial charge is 0.504 e. The molecular weight excluding hydrogens is 226 g/mol. The zero-order chi connectivity index (χ0) is 12.8. The van der Waals surface area contributed by atoms with E-state index < -0.39 is 5.97 Å². The molecule has 0 saturated heterocycles. The summed E-state index contributed by atoms with van der Waals surface area (Å²) in [6, 6.07) is 3.96. The molecule has 1 aromatic carbocycles. The van der Waals surface area contributed by atoms with Gasteiger partial charge in [-0.1, -0.05) is 6.07 Å². The first-order valence-electron chi connectivity index (χ1n) is 4.60. The lowest BCUT2D eigenvalue weighted by atomic mass is 10.1. The molecule has 0 unspecified atom stereocenters. The molecule has 6 heteroatoms. The highest BCUT2D eigenvalue weighted by atomic mass is 16.5. The SMILES string of the molecule is COC(=O)/C(=C/c1ccc(O)c(O)c1)NC=O. The number of ether oxygens (including phenoxy) is 1. The Morgan fingerprint density at radius 2 is 2.06 bits per heavy atom. The number of nitrogens with one attached hydrogen (secondary N) is 1. The number of carbonyl (C=O) groups is 2. The van der Waals surface area contributed by atoms with Gasteiger partial charge in [0.2, 0.25) is 6.41 Å². The van der Waals surface area contributed by atoms with Gasteiger partial charge in [0.1, 0.15) is 5.70 Å². The Kier molecular flexibility index (Phi) is 4.10. The smallest absolute Gasteiger partial charge is 0.354 e. The van der Waals surface area contributed by atoms with E-state index in [0.717, 1.165) is 0 Å². The van der Waals surface area contributed by atoms with Crippen LogP contribution in [0.2, 0.25) is 0 Å². The number of benzene rings is 1. The number of hydrogen-bond acceptors (Lipinski definition) is 5. The Hall–Kier alpha value is -2.50. The van der Waals surface area contributed by atoms with Gasteiger partial charge < -0.3 is 20.3 Å². The van der Waals surface area contributed by atoms with Crippen LogP contribution >= 0.6 is 0 Å². The minimum absolute atomic E-state index is 0.0763. The van der Waals surface area contributed by atoms with E-state index in [9.17, 15) is 14.7 Å². The third-order valence-corrected chi connectivity index (χ3v) is 1.93. The maximum absolute atomic E-state index is 11.2. The van der Waals surface area contributed by atoms with Gasteiger partial charge in [0.25, 0.3) is 0 Å². The number of rotatable bonds is 4. The Morgan fingerprint density at radius 3 is 2.59 bits per heavy atom. The molecule has 6 nitrogen and oxygen atoms in total. The van der Waals surface area contributed by atoms with Crippen molar-refractivity contribution in [3.8, 4) is 11.5 Å². The molecule has 0 aliphatic carbocycles. The Bertz CT molecular complexity index is 467. The van der Waals surface area contributed by atoms with Crippen LogP contribution in [0.5, 0.6) is 11.5 Å². The molecule has 1 amide bonds. The molecular formula is C11H11NO5. The third kappa shape index (κ3) is 3.23. The quantitative estimate of drug-likeness (QED) is 0.304. The highest BCUT2D eigenvalue weighted by molar-refractivity contribution is 5.95. The first-order chi connectivity index (χ1) is 8.08. The molecule has 0 spiro atoms. The molecule has 0 aliphatic rings. The van der Waals surface area contributed by atoms with Gasteiger partial charge in [0.05, 0.1) is 7.11 Å². The van der Waals surface area contributed by atoms with Gasteiger partial charge in [-0.15, -0.1) is 0 Å². The summed E-state index contributed by atoms with van der Waals surface area (Å²) in [5, 5.41) is 20.5. The lowest BCUT2D eigenvalue weighted by molar-refractivity contribution is -0.137. The number of methoxy groups -OCH3 is 1. The number of phenolic OH excluding ortho intramolecular Hbond substituents is 2. The van der Waals surface area contributed by atoms with Crippen molar-refractivity contribution in [1.29, 1.82) is 0 Å². The van der Waals surface area contributed by atoms with Crippen molar-refractivity contribution in [3.63, 3.8) is 0 Å². The van der Waals surface area contributed by atoms with Crippen LogP contribution < -0.4 is 5.32 Å². The van der Waals surface area contributed by atoms with Gasteiger partial charge in [-0.25, -0.2) is 4.79 Å². The predicted molar refractivity (Wildman–Crippen MR) is 59.0 cm³/mol. The second-order valence-electron chi connectivity index (χ2n) is 3.06. The van der Waals surface area contributed by atoms with E-state index in [1.165, 1.54) is 31.4 Å². The summed E-state index contributed by atoms with van der Waals surface area (Å²) >= 11 is 0. The Balaban J connectivity index is 3.07. The molecule has 0 saturated carbocycles. The summed E-state index contributed by atoms with van der Waals surface area (Å²) < 4.78 is 4.45. The van der Waals surface area contributed by atoms with Crippen molar-refractivity contribution >= 4 is 18.5 Å². The van der Waals surface area contributed by atoms with E-state index in [-0.39, 0.29) is 17.2 Å². The van der Waals surface area contributed by atoms with Crippen molar-refractivity contribution in [2.45, 2.75) is 0 Å². The fourth-order valence-corrected chi connectivity index (χ4v) is 1.13. The average molecular weight is 237 g/mol. The molecule has 1 aromatic rings. The van der Waals surface area contributed by atoms with Crippen molar-refractivity contribution in [2.75, 3.05) is 7.11 Å². The van der Waals surface area contributed by atoms with E-state index in [0.29, 0.717) is 12.0 Å². The molecule has 0 radical (unpaired) electrons. The molecule has 0 bridgehead atoms. The number of amides is 1. The van der Waals surface area contributed by atoms with E-state index >= 15 is 0 Å². The van der Waals surface area contributed by atoms with Gasteiger partial charge in [0.15, 0.2) is 11.5 Å². The molecule has 90 valence electrons. The molecule has 17 heavy (non-hydrogen) atoms. The fourth-order valence-electron chi connectivity index (χ4n) is 1.13. The maximum atomic E-state index is 11.2. The van der Waals surface area contributed by atoms with Crippen molar-refractivity contribution in [1.82, 2.24) is 5.32 Å². The average Bonchev–Trinajstić information content (AvgIpc) is 2.32.